The van der Waals surface area contributed by atoms with Crippen LogP contribution in [0.25, 0.3) is 11.1 Å². The van der Waals surface area contributed by atoms with Gasteiger partial charge in [-0.25, -0.2) is 22.0 Å². The number of rotatable bonds is 7. The average Bonchev–Trinajstić information content (AvgIpc) is 2.92. The summed E-state index contributed by atoms with van der Waals surface area (Å²) in [5, 5.41) is 8.71. The first kappa shape index (κ1) is 29.7. The molecule has 1 heterocycles. The van der Waals surface area contributed by atoms with Crippen LogP contribution in [0.1, 0.15) is 62.1 Å². The summed E-state index contributed by atoms with van der Waals surface area (Å²) in [5.74, 6) is -6.56. The lowest BCUT2D eigenvalue weighted by atomic mass is 9.72. The number of benzene rings is 3. The zero-order valence-corrected chi connectivity index (χ0v) is 22.8. The smallest absolute Gasteiger partial charge is 0.432 e. The third-order valence-electron chi connectivity index (χ3n) is 8.36. The fourth-order valence-electron chi connectivity index (χ4n) is 6.23. The SMILES string of the molecule is CCCC1CCC([C@@H]2COc3cc(-c4cc(F)c(C(F)(F)Oc5cc(F)c(C#N)c(F)c5)c(F)c4)c(F)cc3C2)CC1. The van der Waals surface area contributed by atoms with E-state index in [2.05, 4.69) is 11.7 Å². The van der Waals surface area contributed by atoms with Crippen LogP contribution in [0.5, 0.6) is 11.5 Å². The van der Waals surface area contributed by atoms with Crippen LogP contribution in [0.3, 0.4) is 0 Å². The summed E-state index contributed by atoms with van der Waals surface area (Å²) in [6.07, 6.45) is 2.85. The predicted molar refractivity (Wildman–Crippen MR) is 140 cm³/mol. The normalized spacial score (nSPS) is 20.4. The third kappa shape index (κ3) is 5.92. The molecule has 5 rings (SSSR count). The summed E-state index contributed by atoms with van der Waals surface area (Å²) in [7, 11) is 0. The van der Waals surface area contributed by atoms with E-state index in [9.17, 15) is 26.3 Å². The largest absolute Gasteiger partial charge is 0.493 e. The molecule has 222 valence electrons. The number of halogens is 7. The molecule has 0 saturated heterocycles. The molecular weight excluding hydrogens is 563 g/mol. The van der Waals surface area contributed by atoms with Crippen molar-refractivity contribution >= 4 is 0 Å². The van der Waals surface area contributed by atoms with E-state index in [0.29, 0.717) is 54.5 Å². The fourth-order valence-corrected chi connectivity index (χ4v) is 6.23. The van der Waals surface area contributed by atoms with Gasteiger partial charge < -0.3 is 9.47 Å². The summed E-state index contributed by atoms with van der Waals surface area (Å²) >= 11 is 0. The Morgan fingerprint density at radius 2 is 1.50 bits per heavy atom. The molecule has 0 bridgehead atoms. The van der Waals surface area contributed by atoms with Gasteiger partial charge in [0.15, 0.2) is 0 Å². The molecule has 0 spiro atoms. The summed E-state index contributed by atoms with van der Waals surface area (Å²) in [4.78, 5) is 0. The van der Waals surface area contributed by atoms with Gasteiger partial charge in [0.2, 0.25) is 0 Å². The van der Waals surface area contributed by atoms with Gasteiger partial charge in [0, 0.05) is 17.7 Å². The van der Waals surface area contributed by atoms with Crippen molar-refractivity contribution in [3.63, 3.8) is 0 Å². The van der Waals surface area contributed by atoms with Crippen molar-refractivity contribution in [1.82, 2.24) is 0 Å². The van der Waals surface area contributed by atoms with E-state index in [4.69, 9.17) is 10.00 Å². The number of hydrogen-bond donors (Lipinski definition) is 0. The van der Waals surface area contributed by atoms with Crippen molar-refractivity contribution in [2.45, 2.75) is 58.0 Å². The van der Waals surface area contributed by atoms with Gasteiger partial charge in [-0.05, 0) is 72.4 Å². The second kappa shape index (κ2) is 11.9. The van der Waals surface area contributed by atoms with Crippen LogP contribution in [0, 0.1) is 58.2 Å². The van der Waals surface area contributed by atoms with E-state index >= 15 is 4.39 Å². The van der Waals surface area contributed by atoms with E-state index in [-0.39, 0.29) is 17.0 Å². The molecule has 0 unspecified atom stereocenters. The minimum atomic E-state index is -4.71. The number of fused-ring (bicyclic) bond motifs is 1. The molecule has 3 aromatic rings. The Morgan fingerprint density at radius 1 is 0.857 bits per heavy atom. The van der Waals surface area contributed by atoms with Crippen LogP contribution < -0.4 is 9.47 Å². The molecule has 2 aliphatic rings. The second-order valence-electron chi connectivity index (χ2n) is 11.1. The van der Waals surface area contributed by atoms with Gasteiger partial charge in [0.1, 0.15) is 57.8 Å². The third-order valence-corrected chi connectivity index (χ3v) is 8.36. The van der Waals surface area contributed by atoms with Crippen molar-refractivity contribution in [1.29, 1.82) is 5.26 Å². The summed E-state index contributed by atoms with van der Waals surface area (Å²) in [6, 6.07) is 5.44. The van der Waals surface area contributed by atoms with Gasteiger partial charge in [-0.1, -0.05) is 32.6 Å². The molecule has 1 saturated carbocycles. The van der Waals surface area contributed by atoms with Crippen LogP contribution in [0.15, 0.2) is 36.4 Å². The Morgan fingerprint density at radius 3 is 2.10 bits per heavy atom. The minimum Gasteiger partial charge on any atom is -0.493 e. The van der Waals surface area contributed by atoms with Crippen molar-refractivity contribution in [2.75, 3.05) is 6.61 Å². The topological polar surface area (TPSA) is 42.2 Å². The quantitative estimate of drug-likeness (QED) is 0.257. The van der Waals surface area contributed by atoms with Crippen LogP contribution in [0.4, 0.5) is 30.7 Å². The average molecular weight is 592 g/mol. The predicted octanol–water partition coefficient (Wildman–Crippen LogP) is 9.21. The Hall–Kier alpha value is -3.74. The summed E-state index contributed by atoms with van der Waals surface area (Å²) < 4.78 is 112. The highest BCUT2D eigenvalue weighted by atomic mass is 19.3. The molecule has 1 atom stereocenters. The van der Waals surface area contributed by atoms with Gasteiger partial charge in [-0.3, -0.25) is 0 Å². The Bertz CT molecular complexity index is 1480. The van der Waals surface area contributed by atoms with Crippen LogP contribution in [-0.2, 0) is 12.5 Å². The van der Waals surface area contributed by atoms with Gasteiger partial charge in [0.05, 0.1) is 6.61 Å². The Kier molecular flexibility index (Phi) is 8.40. The molecule has 42 heavy (non-hydrogen) atoms. The first-order valence-electron chi connectivity index (χ1n) is 13.9. The fraction of sp³-hybridized carbons (Fsp3) is 0.406. The monoisotopic (exact) mass is 591 g/mol. The minimum absolute atomic E-state index is 0.236. The number of ether oxygens (including phenoxy) is 2. The maximum Gasteiger partial charge on any atom is 0.432 e. The first-order chi connectivity index (χ1) is 20.0. The van der Waals surface area contributed by atoms with Crippen LogP contribution in [-0.4, -0.2) is 6.61 Å². The number of nitrogens with zero attached hydrogens (tertiary/aromatic N) is 1. The molecule has 3 nitrogen and oxygen atoms in total. The highest BCUT2D eigenvalue weighted by Crippen LogP contribution is 2.43. The van der Waals surface area contributed by atoms with Gasteiger partial charge >= 0.3 is 6.11 Å². The maximum atomic E-state index is 15.2. The number of alkyl halides is 2. The molecule has 3 aromatic carbocycles. The molecular formula is C32H28F7NO2. The van der Waals surface area contributed by atoms with E-state index in [1.165, 1.54) is 43.9 Å². The second-order valence-corrected chi connectivity index (χ2v) is 11.1. The van der Waals surface area contributed by atoms with E-state index < -0.39 is 52.1 Å². The molecule has 0 aromatic heterocycles. The number of nitriles is 1. The van der Waals surface area contributed by atoms with Crippen molar-refractivity contribution < 1.29 is 40.2 Å². The summed E-state index contributed by atoms with van der Waals surface area (Å²) in [6.45, 7) is 2.62. The standard InChI is InChI=1S/C32H28F7NO2/c1-2-3-17-4-6-18(7-5-17)21-8-20-11-25(33)23(14-30(20)41-16-21)19-9-28(36)31(29(37)10-19)32(38,39)42-22-12-26(34)24(15-40)27(35)13-22/h9-14,17-18,21H,2-8,16H2,1H3/t17?,18?,21-/m0/s1. The maximum absolute atomic E-state index is 15.2. The van der Waals surface area contributed by atoms with Crippen molar-refractivity contribution in [3.05, 3.63) is 82.2 Å². The highest BCUT2D eigenvalue weighted by Gasteiger charge is 2.42. The molecule has 0 amide bonds. The molecule has 0 N–H and O–H groups in total. The molecule has 10 heteroatoms. The lowest BCUT2D eigenvalue weighted by Crippen LogP contribution is -2.31. The van der Waals surface area contributed by atoms with Crippen LogP contribution in [0.2, 0.25) is 0 Å². The van der Waals surface area contributed by atoms with E-state index in [1.54, 1.807) is 0 Å². The molecule has 1 fully saturated rings. The molecule has 1 aliphatic heterocycles. The van der Waals surface area contributed by atoms with Gasteiger partial charge in [-0.2, -0.15) is 14.0 Å². The van der Waals surface area contributed by atoms with E-state index in [0.717, 1.165) is 18.8 Å². The zero-order valence-electron chi connectivity index (χ0n) is 22.8. The Labute approximate surface area is 238 Å². The van der Waals surface area contributed by atoms with Crippen molar-refractivity contribution in [2.24, 2.45) is 17.8 Å². The number of hydrogen-bond acceptors (Lipinski definition) is 3. The van der Waals surface area contributed by atoms with Gasteiger partial charge in [-0.15, -0.1) is 0 Å². The van der Waals surface area contributed by atoms with Crippen LogP contribution >= 0.6 is 0 Å². The molecule has 1 aliphatic carbocycles. The highest BCUT2D eigenvalue weighted by molar-refractivity contribution is 5.68. The van der Waals surface area contributed by atoms with Crippen molar-refractivity contribution in [3.8, 4) is 28.7 Å². The first-order valence-corrected chi connectivity index (χ1v) is 13.9. The van der Waals surface area contributed by atoms with E-state index in [1.807, 2.05) is 0 Å². The lowest BCUT2D eigenvalue weighted by molar-refractivity contribution is -0.189. The summed E-state index contributed by atoms with van der Waals surface area (Å²) in [5.41, 5.74) is -2.81. The van der Waals surface area contributed by atoms with Gasteiger partial charge in [0.25, 0.3) is 0 Å². The molecule has 0 radical (unpaired) electrons. The Balaban J connectivity index is 1.36. The zero-order chi connectivity index (χ0) is 30.2. The lowest BCUT2D eigenvalue weighted by Gasteiger charge is -2.36.